The molecule has 3 aromatic rings. The van der Waals surface area contributed by atoms with E-state index in [9.17, 15) is 17.6 Å². The van der Waals surface area contributed by atoms with Crippen molar-refractivity contribution in [3.8, 4) is 0 Å². The summed E-state index contributed by atoms with van der Waals surface area (Å²) in [6.07, 6.45) is 5.74. The SMILES string of the molecule is O=C(/C=C/c1ccccc1F)NCCS(=O)(=O)Nc1ccn2nccc2c1. The third-order valence-corrected chi connectivity index (χ3v) is 4.95. The van der Waals surface area contributed by atoms with Gasteiger partial charge in [0.1, 0.15) is 5.82 Å². The van der Waals surface area contributed by atoms with E-state index in [2.05, 4.69) is 15.1 Å². The molecule has 0 saturated heterocycles. The quantitative estimate of drug-likeness (QED) is 0.606. The van der Waals surface area contributed by atoms with Crippen LogP contribution in [0.3, 0.4) is 0 Å². The summed E-state index contributed by atoms with van der Waals surface area (Å²) >= 11 is 0. The fourth-order valence-corrected chi connectivity index (χ4v) is 3.32. The molecular formula is C18H17FN4O3S. The molecule has 0 saturated carbocycles. The Morgan fingerprint density at radius 2 is 2.04 bits per heavy atom. The molecule has 0 bridgehead atoms. The van der Waals surface area contributed by atoms with E-state index in [-0.39, 0.29) is 17.9 Å². The van der Waals surface area contributed by atoms with Crippen LogP contribution in [0.25, 0.3) is 11.6 Å². The Morgan fingerprint density at radius 3 is 2.85 bits per heavy atom. The van der Waals surface area contributed by atoms with Crippen LogP contribution in [0.1, 0.15) is 5.56 Å². The van der Waals surface area contributed by atoms with E-state index in [1.165, 1.54) is 18.2 Å². The maximum Gasteiger partial charge on any atom is 0.244 e. The predicted molar refractivity (Wildman–Crippen MR) is 101 cm³/mol. The van der Waals surface area contributed by atoms with E-state index in [1.807, 2.05) is 0 Å². The highest BCUT2D eigenvalue weighted by Gasteiger charge is 2.11. The van der Waals surface area contributed by atoms with Crippen molar-refractivity contribution in [2.75, 3.05) is 17.0 Å². The van der Waals surface area contributed by atoms with Crippen molar-refractivity contribution in [2.24, 2.45) is 0 Å². The minimum atomic E-state index is -3.63. The average Bonchev–Trinajstić information content (AvgIpc) is 3.08. The van der Waals surface area contributed by atoms with Crippen LogP contribution in [0, 0.1) is 5.82 Å². The first-order valence-corrected chi connectivity index (χ1v) is 9.72. The lowest BCUT2D eigenvalue weighted by Gasteiger charge is -2.08. The molecule has 27 heavy (non-hydrogen) atoms. The number of rotatable bonds is 7. The first kappa shape index (κ1) is 18.6. The summed E-state index contributed by atoms with van der Waals surface area (Å²) in [5.74, 6) is -1.24. The van der Waals surface area contributed by atoms with Gasteiger partial charge in [-0.2, -0.15) is 5.10 Å². The highest BCUT2D eigenvalue weighted by molar-refractivity contribution is 7.92. The van der Waals surface area contributed by atoms with Gasteiger partial charge in [-0.3, -0.25) is 9.52 Å². The Hall–Kier alpha value is -3.20. The Morgan fingerprint density at radius 1 is 1.22 bits per heavy atom. The Labute approximate surface area is 155 Å². The molecule has 1 amide bonds. The molecule has 2 N–H and O–H groups in total. The van der Waals surface area contributed by atoms with Crippen LogP contribution in [0.15, 0.2) is 60.9 Å². The van der Waals surface area contributed by atoms with Crippen LogP contribution < -0.4 is 10.0 Å². The van der Waals surface area contributed by atoms with Crippen molar-refractivity contribution < 1.29 is 17.6 Å². The number of carbonyl (C=O) groups excluding carboxylic acids is 1. The van der Waals surface area contributed by atoms with Crippen LogP contribution in [-0.4, -0.2) is 36.2 Å². The predicted octanol–water partition coefficient (Wildman–Crippen LogP) is 2.04. The number of benzene rings is 1. The fourth-order valence-electron chi connectivity index (χ4n) is 2.36. The topological polar surface area (TPSA) is 92.6 Å². The number of hydrogen-bond donors (Lipinski definition) is 2. The number of aromatic nitrogens is 2. The molecule has 7 nitrogen and oxygen atoms in total. The zero-order valence-electron chi connectivity index (χ0n) is 14.2. The molecule has 0 aliphatic carbocycles. The smallest absolute Gasteiger partial charge is 0.244 e. The maximum absolute atomic E-state index is 13.5. The van der Waals surface area contributed by atoms with Crippen molar-refractivity contribution >= 4 is 33.2 Å². The van der Waals surface area contributed by atoms with E-state index >= 15 is 0 Å². The number of pyridine rings is 1. The summed E-state index contributed by atoms with van der Waals surface area (Å²) in [6.45, 7) is -0.0787. The molecule has 1 aromatic carbocycles. The molecule has 0 atom stereocenters. The summed E-state index contributed by atoms with van der Waals surface area (Å²) in [4.78, 5) is 11.7. The zero-order valence-corrected chi connectivity index (χ0v) is 15.0. The lowest BCUT2D eigenvalue weighted by Crippen LogP contribution is -2.30. The lowest BCUT2D eigenvalue weighted by molar-refractivity contribution is -0.116. The molecule has 3 rings (SSSR count). The van der Waals surface area contributed by atoms with Gasteiger partial charge < -0.3 is 5.32 Å². The standard InChI is InChI=1S/C18H17FN4O3S/c19-17-4-2-1-3-14(17)5-6-18(24)20-10-12-27(25,26)22-15-8-11-23-16(13-15)7-9-21-23/h1-9,11,13,22H,10,12H2,(H,20,24)/b6-5+. The number of nitrogens with zero attached hydrogens (tertiary/aromatic N) is 2. The molecule has 0 fully saturated rings. The van der Waals surface area contributed by atoms with Gasteiger partial charge in [0, 0.05) is 30.6 Å². The first-order chi connectivity index (χ1) is 12.9. The summed E-state index contributed by atoms with van der Waals surface area (Å²) in [6, 6.07) is 11.0. The Kier molecular flexibility index (Phi) is 5.51. The fraction of sp³-hybridized carbons (Fsp3) is 0.111. The number of hydrogen-bond acceptors (Lipinski definition) is 4. The third-order valence-electron chi connectivity index (χ3n) is 3.66. The van der Waals surface area contributed by atoms with Gasteiger partial charge in [-0.15, -0.1) is 0 Å². The molecule has 0 radical (unpaired) electrons. The van der Waals surface area contributed by atoms with E-state index in [0.717, 1.165) is 11.6 Å². The minimum absolute atomic E-state index is 0.0787. The van der Waals surface area contributed by atoms with Gasteiger partial charge in [0.15, 0.2) is 0 Å². The Balaban J connectivity index is 1.51. The second kappa shape index (κ2) is 8.00. The van der Waals surface area contributed by atoms with Gasteiger partial charge in [0.05, 0.1) is 17.0 Å². The number of fused-ring (bicyclic) bond motifs is 1. The van der Waals surface area contributed by atoms with Crippen molar-refractivity contribution in [1.82, 2.24) is 14.9 Å². The highest BCUT2D eigenvalue weighted by Crippen LogP contribution is 2.13. The van der Waals surface area contributed by atoms with Crippen LogP contribution in [0.2, 0.25) is 0 Å². The van der Waals surface area contributed by atoms with Gasteiger partial charge >= 0.3 is 0 Å². The van der Waals surface area contributed by atoms with E-state index in [4.69, 9.17) is 0 Å². The van der Waals surface area contributed by atoms with E-state index in [0.29, 0.717) is 5.69 Å². The van der Waals surface area contributed by atoms with Gasteiger partial charge in [0.2, 0.25) is 15.9 Å². The molecule has 140 valence electrons. The number of carbonyl (C=O) groups is 1. The van der Waals surface area contributed by atoms with Crippen LogP contribution in [0.4, 0.5) is 10.1 Å². The normalized spacial score (nSPS) is 11.7. The number of sulfonamides is 1. The first-order valence-electron chi connectivity index (χ1n) is 8.07. The molecule has 2 heterocycles. The molecule has 2 aromatic heterocycles. The molecule has 0 unspecified atom stereocenters. The van der Waals surface area contributed by atoms with Crippen molar-refractivity contribution in [1.29, 1.82) is 0 Å². The van der Waals surface area contributed by atoms with Crippen molar-refractivity contribution in [2.45, 2.75) is 0 Å². The van der Waals surface area contributed by atoms with Gasteiger partial charge in [0.25, 0.3) is 0 Å². The number of anilines is 1. The molecular weight excluding hydrogens is 371 g/mol. The largest absolute Gasteiger partial charge is 0.351 e. The minimum Gasteiger partial charge on any atom is -0.351 e. The molecule has 9 heteroatoms. The number of halogens is 1. The number of amides is 1. The van der Waals surface area contributed by atoms with E-state index < -0.39 is 21.7 Å². The van der Waals surface area contributed by atoms with Crippen LogP contribution in [-0.2, 0) is 14.8 Å². The van der Waals surface area contributed by atoms with Gasteiger partial charge in [-0.05, 0) is 30.3 Å². The molecule has 0 aliphatic heterocycles. The third kappa shape index (κ3) is 5.14. The summed E-state index contributed by atoms with van der Waals surface area (Å²) < 4.78 is 41.8. The summed E-state index contributed by atoms with van der Waals surface area (Å²) in [7, 11) is -3.63. The second-order valence-corrected chi connectivity index (χ2v) is 7.52. The molecule has 0 spiro atoms. The maximum atomic E-state index is 13.5. The van der Waals surface area contributed by atoms with E-state index in [1.54, 1.807) is 47.2 Å². The Bertz CT molecular complexity index is 1090. The van der Waals surface area contributed by atoms with Crippen LogP contribution >= 0.6 is 0 Å². The van der Waals surface area contributed by atoms with Gasteiger partial charge in [-0.1, -0.05) is 18.2 Å². The second-order valence-electron chi connectivity index (χ2n) is 5.68. The monoisotopic (exact) mass is 388 g/mol. The summed E-state index contributed by atoms with van der Waals surface area (Å²) in [5, 5.41) is 6.49. The van der Waals surface area contributed by atoms with Gasteiger partial charge in [-0.25, -0.2) is 17.3 Å². The molecule has 0 aliphatic rings. The van der Waals surface area contributed by atoms with Crippen molar-refractivity contribution in [3.05, 3.63) is 72.3 Å². The van der Waals surface area contributed by atoms with Crippen molar-refractivity contribution in [3.63, 3.8) is 0 Å². The zero-order chi connectivity index (χ0) is 19.3. The lowest BCUT2D eigenvalue weighted by atomic mass is 10.2. The summed E-state index contributed by atoms with van der Waals surface area (Å²) in [5.41, 5.74) is 1.44. The van der Waals surface area contributed by atoms with Crippen LogP contribution in [0.5, 0.6) is 0 Å². The average molecular weight is 388 g/mol. The highest BCUT2D eigenvalue weighted by atomic mass is 32.2. The number of nitrogens with one attached hydrogen (secondary N) is 2.